The van der Waals surface area contributed by atoms with Crippen LogP contribution in [0.3, 0.4) is 0 Å². The van der Waals surface area contributed by atoms with Crippen LogP contribution in [0.25, 0.3) is 0 Å². The number of hydrogen-bond acceptors (Lipinski definition) is 4. The van der Waals surface area contributed by atoms with Gasteiger partial charge in [-0.05, 0) is 42.3 Å². The molecular formula is C16H16N2O3. The smallest absolute Gasteiger partial charge is 0.251 e. The molecule has 1 amide bonds. The molecule has 0 radical (unpaired) electrons. The summed E-state index contributed by atoms with van der Waals surface area (Å²) in [7, 11) is 0. The van der Waals surface area contributed by atoms with Crippen LogP contribution in [0.1, 0.15) is 15.9 Å². The zero-order valence-corrected chi connectivity index (χ0v) is 11.5. The number of hydrogen-bond donors (Lipinski definition) is 2. The molecule has 0 saturated carbocycles. The highest BCUT2D eigenvalue weighted by Gasteiger charge is 2.15. The molecule has 1 aliphatic rings. The van der Waals surface area contributed by atoms with E-state index in [1.54, 1.807) is 18.2 Å². The number of nitrogens with two attached hydrogens (primary N) is 1. The summed E-state index contributed by atoms with van der Waals surface area (Å²) in [6.07, 6.45) is 0.760. The summed E-state index contributed by atoms with van der Waals surface area (Å²) in [5.41, 5.74) is 8.07. The van der Waals surface area contributed by atoms with E-state index in [4.69, 9.17) is 15.2 Å². The van der Waals surface area contributed by atoms with Crippen molar-refractivity contribution in [3.05, 3.63) is 53.6 Å². The number of amides is 1. The molecular weight excluding hydrogens is 268 g/mol. The van der Waals surface area contributed by atoms with Gasteiger partial charge >= 0.3 is 0 Å². The molecule has 1 heterocycles. The highest BCUT2D eigenvalue weighted by Crippen LogP contribution is 2.32. The molecule has 5 nitrogen and oxygen atoms in total. The normalized spacial score (nSPS) is 12.2. The largest absolute Gasteiger partial charge is 0.454 e. The number of anilines is 1. The van der Waals surface area contributed by atoms with Crippen molar-refractivity contribution >= 4 is 11.6 Å². The van der Waals surface area contributed by atoms with Crippen molar-refractivity contribution in [1.29, 1.82) is 0 Å². The minimum absolute atomic E-state index is 0.122. The van der Waals surface area contributed by atoms with Gasteiger partial charge in [0, 0.05) is 17.8 Å². The number of benzene rings is 2. The van der Waals surface area contributed by atoms with Gasteiger partial charge in [0.2, 0.25) is 6.79 Å². The molecule has 2 aromatic rings. The van der Waals surface area contributed by atoms with Crippen LogP contribution >= 0.6 is 0 Å². The average molecular weight is 284 g/mol. The number of rotatable bonds is 4. The summed E-state index contributed by atoms with van der Waals surface area (Å²) in [5.74, 6) is 1.17. The zero-order chi connectivity index (χ0) is 14.7. The van der Waals surface area contributed by atoms with Crippen LogP contribution in [0.5, 0.6) is 11.5 Å². The molecule has 0 unspecified atom stereocenters. The summed E-state index contributed by atoms with van der Waals surface area (Å²) in [6, 6.07) is 12.8. The lowest BCUT2D eigenvalue weighted by Crippen LogP contribution is -2.25. The lowest BCUT2D eigenvalue weighted by atomic mass is 10.1. The van der Waals surface area contributed by atoms with E-state index >= 15 is 0 Å². The number of fused-ring (bicyclic) bond motifs is 1. The fourth-order valence-electron chi connectivity index (χ4n) is 2.14. The fourth-order valence-corrected chi connectivity index (χ4v) is 2.14. The molecule has 0 fully saturated rings. The molecule has 0 saturated heterocycles. The average Bonchev–Trinajstić information content (AvgIpc) is 2.96. The molecule has 0 aliphatic carbocycles. The first-order valence-electron chi connectivity index (χ1n) is 6.74. The zero-order valence-electron chi connectivity index (χ0n) is 11.5. The predicted octanol–water partition coefficient (Wildman–Crippen LogP) is 1.97. The van der Waals surface area contributed by atoms with Crippen molar-refractivity contribution in [1.82, 2.24) is 5.32 Å². The Morgan fingerprint density at radius 1 is 1.10 bits per heavy atom. The van der Waals surface area contributed by atoms with E-state index in [2.05, 4.69) is 5.32 Å². The first-order chi connectivity index (χ1) is 10.2. The Hall–Kier alpha value is -2.69. The third kappa shape index (κ3) is 3.08. The summed E-state index contributed by atoms with van der Waals surface area (Å²) in [5, 5.41) is 2.89. The molecule has 3 rings (SSSR count). The summed E-state index contributed by atoms with van der Waals surface area (Å²) >= 11 is 0. The van der Waals surface area contributed by atoms with Crippen LogP contribution in [0.15, 0.2) is 42.5 Å². The Kier molecular flexibility index (Phi) is 3.64. The molecule has 0 atom stereocenters. The molecule has 108 valence electrons. The second kappa shape index (κ2) is 5.75. The van der Waals surface area contributed by atoms with Crippen LogP contribution in [-0.4, -0.2) is 19.2 Å². The van der Waals surface area contributed by atoms with Crippen LogP contribution in [0.2, 0.25) is 0 Å². The predicted molar refractivity (Wildman–Crippen MR) is 79.5 cm³/mol. The highest BCUT2D eigenvalue weighted by atomic mass is 16.7. The number of nitrogens with one attached hydrogen (secondary N) is 1. The van der Waals surface area contributed by atoms with Gasteiger partial charge in [-0.3, -0.25) is 4.79 Å². The van der Waals surface area contributed by atoms with Gasteiger partial charge in [0.25, 0.3) is 5.91 Å². The van der Waals surface area contributed by atoms with E-state index in [1.165, 1.54) is 0 Å². The maximum atomic E-state index is 12.1. The number of carbonyl (C=O) groups is 1. The van der Waals surface area contributed by atoms with Gasteiger partial charge in [0.15, 0.2) is 11.5 Å². The molecule has 2 aromatic carbocycles. The molecule has 21 heavy (non-hydrogen) atoms. The topological polar surface area (TPSA) is 73.6 Å². The van der Waals surface area contributed by atoms with E-state index in [0.29, 0.717) is 23.6 Å². The molecule has 5 heteroatoms. The van der Waals surface area contributed by atoms with E-state index in [-0.39, 0.29) is 12.7 Å². The maximum Gasteiger partial charge on any atom is 0.251 e. The molecule has 0 spiro atoms. The van der Waals surface area contributed by atoms with E-state index < -0.39 is 0 Å². The number of ether oxygens (including phenoxy) is 2. The van der Waals surface area contributed by atoms with Crippen LogP contribution < -0.4 is 20.5 Å². The van der Waals surface area contributed by atoms with Gasteiger partial charge in [0.1, 0.15) is 0 Å². The van der Waals surface area contributed by atoms with Crippen LogP contribution in [0, 0.1) is 0 Å². The quantitative estimate of drug-likeness (QED) is 0.842. The lowest BCUT2D eigenvalue weighted by Gasteiger charge is -2.06. The van der Waals surface area contributed by atoms with Gasteiger partial charge in [-0.15, -0.1) is 0 Å². The second-order valence-electron chi connectivity index (χ2n) is 4.82. The molecule has 3 N–H and O–H groups in total. The van der Waals surface area contributed by atoms with Crippen molar-refractivity contribution < 1.29 is 14.3 Å². The van der Waals surface area contributed by atoms with Gasteiger partial charge in [-0.1, -0.05) is 12.1 Å². The Balaban J connectivity index is 1.55. The van der Waals surface area contributed by atoms with Crippen molar-refractivity contribution in [2.45, 2.75) is 6.42 Å². The lowest BCUT2D eigenvalue weighted by molar-refractivity contribution is 0.0953. The van der Waals surface area contributed by atoms with Gasteiger partial charge in [-0.2, -0.15) is 0 Å². The van der Waals surface area contributed by atoms with Gasteiger partial charge in [-0.25, -0.2) is 0 Å². The Morgan fingerprint density at radius 3 is 2.67 bits per heavy atom. The van der Waals surface area contributed by atoms with E-state index in [9.17, 15) is 4.79 Å². The summed E-state index contributed by atoms with van der Waals surface area (Å²) in [4.78, 5) is 12.1. The first-order valence-corrected chi connectivity index (χ1v) is 6.74. The van der Waals surface area contributed by atoms with Crippen molar-refractivity contribution in [3.8, 4) is 11.5 Å². The SMILES string of the molecule is Nc1ccc(CCNC(=O)c2ccc3c(c2)OCO3)cc1. The summed E-state index contributed by atoms with van der Waals surface area (Å²) in [6.45, 7) is 0.773. The monoisotopic (exact) mass is 284 g/mol. The molecule has 1 aliphatic heterocycles. The van der Waals surface area contributed by atoms with Crippen molar-refractivity contribution in [2.75, 3.05) is 19.1 Å². The maximum absolute atomic E-state index is 12.1. The summed E-state index contributed by atoms with van der Waals surface area (Å²) < 4.78 is 10.5. The second-order valence-corrected chi connectivity index (χ2v) is 4.82. The first kappa shape index (κ1) is 13.3. The van der Waals surface area contributed by atoms with E-state index in [1.807, 2.05) is 24.3 Å². The third-order valence-corrected chi connectivity index (χ3v) is 3.31. The minimum Gasteiger partial charge on any atom is -0.454 e. The van der Waals surface area contributed by atoms with Crippen LogP contribution in [-0.2, 0) is 6.42 Å². The van der Waals surface area contributed by atoms with E-state index in [0.717, 1.165) is 17.7 Å². The third-order valence-electron chi connectivity index (χ3n) is 3.31. The van der Waals surface area contributed by atoms with Gasteiger partial charge < -0.3 is 20.5 Å². The standard InChI is InChI=1S/C16H16N2O3/c17-13-4-1-11(2-5-13)7-8-18-16(19)12-3-6-14-15(9-12)21-10-20-14/h1-6,9H,7-8,10,17H2,(H,18,19). The highest BCUT2D eigenvalue weighted by molar-refractivity contribution is 5.94. The Bertz CT molecular complexity index is 653. The molecule has 0 bridgehead atoms. The number of carbonyl (C=O) groups excluding carboxylic acids is 1. The Morgan fingerprint density at radius 2 is 1.86 bits per heavy atom. The van der Waals surface area contributed by atoms with Crippen LogP contribution in [0.4, 0.5) is 5.69 Å². The Labute approximate surface area is 122 Å². The molecule has 0 aromatic heterocycles. The minimum atomic E-state index is -0.122. The fraction of sp³-hybridized carbons (Fsp3) is 0.188. The van der Waals surface area contributed by atoms with Crippen molar-refractivity contribution in [2.24, 2.45) is 0 Å². The number of nitrogen functional groups attached to an aromatic ring is 1. The van der Waals surface area contributed by atoms with Gasteiger partial charge in [0.05, 0.1) is 0 Å². The van der Waals surface area contributed by atoms with Crippen molar-refractivity contribution in [3.63, 3.8) is 0 Å².